The molecule has 132 valence electrons. The van der Waals surface area contributed by atoms with E-state index in [2.05, 4.69) is 16.7 Å². The summed E-state index contributed by atoms with van der Waals surface area (Å²) >= 11 is 0. The molecule has 0 spiro atoms. The topological polar surface area (TPSA) is 62.3 Å². The predicted octanol–water partition coefficient (Wildman–Crippen LogP) is 3.27. The van der Waals surface area contributed by atoms with Crippen LogP contribution in [-0.2, 0) is 13.5 Å². The molecule has 3 rings (SSSR count). The Morgan fingerprint density at radius 3 is 2.64 bits per heavy atom. The van der Waals surface area contributed by atoms with Gasteiger partial charge in [-0.2, -0.15) is 0 Å². The van der Waals surface area contributed by atoms with Gasteiger partial charge >= 0.3 is 0 Å². The molecule has 0 saturated carbocycles. The highest BCUT2D eigenvalue weighted by Gasteiger charge is 2.21. The van der Waals surface area contributed by atoms with E-state index in [9.17, 15) is 0 Å². The van der Waals surface area contributed by atoms with Gasteiger partial charge < -0.3 is 19.8 Å². The number of nitrogens with two attached hydrogens (primary N) is 1. The zero-order valence-corrected chi connectivity index (χ0v) is 15.0. The van der Waals surface area contributed by atoms with Crippen molar-refractivity contribution in [3.8, 4) is 11.5 Å². The highest BCUT2D eigenvalue weighted by Crippen LogP contribution is 2.34. The average Bonchev–Trinajstić information content (AvgIpc) is 2.97. The van der Waals surface area contributed by atoms with E-state index in [1.165, 1.54) is 0 Å². The third kappa shape index (κ3) is 3.33. The molecule has 0 saturated heterocycles. The summed E-state index contributed by atoms with van der Waals surface area (Å²) in [6, 6.07) is 14.1. The summed E-state index contributed by atoms with van der Waals surface area (Å²) in [4.78, 5) is 4.80. The number of imidazole rings is 1. The molecule has 0 aliphatic rings. The van der Waals surface area contributed by atoms with Crippen LogP contribution < -0.4 is 15.2 Å². The van der Waals surface area contributed by atoms with Crippen molar-refractivity contribution in [2.24, 2.45) is 12.8 Å². The number of aryl methyl sites for hydroxylation is 1. The molecule has 1 atom stereocenters. The van der Waals surface area contributed by atoms with Crippen LogP contribution in [0.5, 0.6) is 11.5 Å². The molecule has 0 aliphatic carbocycles. The molecular weight excluding hydrogens is 314 g/mol. The molecular formula is C20H25N3O2. The third-order valence-corrected chi connectivity index (χ3v) is 4.50. The van der Waals surface area contributed by atoms with E-state index in [0.29, 0.717) is 13.2 Å². The number of para-hydroxylation sites is 3. The maximum Gasteiger partial charge on any atom is 0.163 e. The first-order chi connectivity index (χ1) is 12.2. The summed E-state index contributed by atoms with van der Waals surface area (Å²) < 4.78 is 13.4. The number of ether oxygens (including phenoxy) is 2. The third-order valence-electron chi connectivity index (χ3n) is 4.50. The Bertz CT molecular complexity index is 857. The fourth-order valence-electron chi connectivity index (χ4n) is 3.30. The highest BCUT2D eigenvalue weighted by atomic mass is 16.5. The first-order valence-corrected chi connectivity index (χ1v) is 8.59. The summed E-state index contributed by atoms with van der Waals surface area (Å²) in [7, 11) is 3.72. The molecule has 0 amide bonds. The van der Waals surface area contributed by atoms with Gasteiger partial charge in [-0.3, -0.25) is 0 Å². The molecule has 25 heavy (non-hydrogen) atoms. The molecule has 0 bridgehead atoms. The summed E-state index contributed by atoms with van der Waals surface area (Å²) in [5.41, 5.74) is 9.30. The molecule has 2 aromatic carbocycles. The van der Waals surface area contributed by atoms with E-state index >= 15 is 0 Å². The monoisotopic (exact) mass is 339 g/mol. The Morgan fingerprint density at radius 1 is 1.16 bits per heavy atom. The fourth-order valence-corrected chi connectivity index (χ4v) is 3.30. The van der Waals surface area contributed by atoms with Crippen molar-refractivity contribution in [3.05, 3.63) is 53.9 Å². The van der Waals surface area contributed by atoms with Crippen LogP contribution in [0.1, 0.15) is 24.2 Å². The zero-order chi connectivity index (χ0) is 17.8. The first-order valence-electron chi connectivity index (χ1n) is 8.59. The lowest BCUT2D eigenvalue weighted by atomic mass is 9.97. The number of methoxy groups -OCH3 is 1. The van der Waals surface area contributed by atoms with Crippen LogP contribution in [0, 0.1) is 0 Å². The van der Waals surface area contributed by atoms with Gasteiger partial charge in [0, 0.05) is 19.5 Å². The zero-order valence-electron chi connectivity index (χ0n) is 15.0. The molecule has 1 unspecified atom stereocenters. The van der Waals surface area contributed by atoms with Crippen LogP contribution in [0.4, 0.5) is 0 Å². The number of benzene rings is 2. The van der Waals surface area contributed by atoms with Gasteiger partial charge in [-0.1, -0.05) is 24.3 Å². The van der Waals surface area contributed by atoms with Gasteiger partial charge in [0.25, 0.3) is 0 Å². The number of nitrogens with zero attached hydrogens (tertiary/aromatic N) is 2. The number of fused-ring (bicyclic) bond motifs is 1. The predicted molar refractivity (Wildman–Crippen MR) is 100 cm³/mol. The number of rotatable bonds is 7. The average molecular weight is 339 g/mol. The summed E-state index contributed by atoms with van der Waals surface area (Å²) in [5, 5.41) is 0. The van der Waals surface area contributed by atoms with E-state index in [-0.39, 0.29) is 5.92 Å². The van der Waals surface area contributed by atoms with E-state index < -0.39 is 0 Å². The van der Waals surface area contributed by atoms with Crippen molar-refractivity contribution < 1.29 is 9.47 Å². The van der Waals surface area contributed by atoms with Crippen LogP contribution >= 0.6 is 0 Å². The molecule has 0 fully saturated rings. The van der Waals surface area contributed by atoms with Crippen LogP contribution in [0.25, 0.3) is 11.0 Å². The van der Waals surface area contributed by atoms with Crippen molar-refractivity contribution >= 4 is 11.0 Å². The normalized spacial score (nSPS) is 12.3. The van der Waals surface area contributed by atoms with Gasteiger partial charge in [0.05, 0.1) is 24.8 Å². The second-order valence-electron chi connectivity index (χ2n) is 6.04. The summed E-state index contributed by atoms with van der Waals surface area (Å²) in [5.74, 6) is 2.64. The fraction of sp³-hybridized carbons (Fsp3) is 0.350. The molecule has 3 aromatic rings. The molecule has 5 nitrogen and oxygen atoms in total. The first kappa shape index (κ1) is 17.3. The quantitative estimate of drug-likeness (QED) is 0.718. The second kappa shape index (κ2) is 7.57. The maximum atomic E-state index is 6.11. The maximum absolute atomic E-state index is 6.11. The standard InChI is InChI=1S/C20H25N3O2/c1-4-25-18-11-7-8-14(19(18)24-3)12-15(13-21)20-22-16-9-5-6-10-17(16)23(20)2/h5-11,15H,4,12-13,21H2,1-3H3. The minimum absolute atomic E-state index is 0.100. The Morgan fingerprint density at radius 2 is 1.96 bits per heavy atom. The molecule has 1 heterocycles. The van der Waals surface area contributed by atoms with Crippen LogP contribution in [0.2, 0.25) is 0 Å². The molecule has 2 N–H and O–H groups in total. The SMILES string of the molecule is CCOc1cccc(CC(CN)c2nc3ccccc3n2C)c1OC. The van der Waals surface area contributed by atoms with E-state index in [1.807, 2.05) is 44.3 Å². The van der Waals surface area contributed by atoms with Gasteiger partial charge in [-0.25, -0.2) is 4.98 Å². The number of hydrogen-bond acceptors (Lipinski definition) is 4. The van der Waals surface area contributed by atoms with Gasteiger partial charge in [0.15, 0.2) is 11.5 Å². The van der Waals surface area contributed by atoms with Gasteiger partial charge in [-0.15, -0.1) is 0 Å². The molecule has 1 aromatic heterocycles. The number of aromatic nitrogens is 2. The molecule has 5 heteroatoms. The van der Waals surface area contributed by atoms with Crippen LogP contribution in [0.15, 0.2) is 42.5 Å². The molecule has 0 radical (unpaired) electrons. The smallest absolute Gasteiger partial charge is 0.163 e. The largest absolute Gasteiger partial charge is 0.493 e. The highest BCUT2D eigenvalue weighted by molar-refractivity contribution is 5.75. The lowest BCUT2D eigenvalue weighted by Gasteiger charge is -2.18. The Kier molecular flexibility index (Phi) is 5.24. The van der Waals surface area contributed by atoms with E-state index in [4.69, 9.17) is 20.2 Å². The minimum Gasteiger partial charge on any atom is -0.493 e. The van der Waals surface area contributed by atoms with Gasteiger partial charge in [0.1, 0.15) is 5.82 Å². The van der Waals surface area contributed by atoms with Crippen molar-refractivity contribution in [2.45, 2.75) is 19.3 Å². The van der Waals surface area contributed by atoms with Crippen molar-refractivity contribution in [1.82, 2.24) is 9.55 Å². The van der Waals surface area contributed by atoms with Gasteiger partial charge in [0.2, 0.25) is 0 Å². The Labute approximate surface area is 148 Å². The van der Waals surface area contributed by atoms with Crippen LogP contribution in [0.3, 0.4) is 0 Å². The van der Waals surface area contributed by atoms with E-state index in [1.54, 1.807) is 7.11 Å². The van der Waals surface area contributed by atoms with E-state index in [0.717, 1.165) is 40.3 Å². The summed E-state index contributed by atoms with van der Waals surface area (Å²) in [6.45, 7) is 3.08. The second-order valence-corrected chi connectivity index (χ2v) is 6.04. The van der Waals surface area contributed by atoms with Gasteiger partial charge in [-0.05, 0) is 37.1 Å². The van der Waals surface area contributed by atoms with Crippen molar-refractivity contribution in [1.29, 1.82) is 0 Å². The minimum atomic E-state index is 0.100. The van der Waals surface area contributed by atoms with Crippen LogP contribution in [-0.4, -0.2) is 29.8 Å². The molecule has 0 aliphatic heterocycles. The summed E-state index contributed by atoms with van der Waals surface area (Å²) in [6.07, 6.45) is 0.748. The lowest BCUT2D eigenvalue weighted by Crippen LogP contribution is -2.19. The number of hydrogen-bond donors (Lipinski definition) is 1. The van der Waals surface area contributed by atoms with Crippen molar-refractivity contribution in [3.63, 3.8) is 0 Å². The van der Waals surface area contributed by atoms with Crippen molar-refractivity contribution in [2.75, 3.05) is 20.3 Å². The Hall–Kier alpha value is -2.53. The lowest BCUT2D eigenvalue weighted by molar-refractivity contribution is 0.308. The Balaban J connectivity index is 1.97.